The van der Waals surface area contributed by atoms with E-state index in [4.69, 9.17) is 0 Å². The Kier molecular flexibility index (Phi) is 2.82. The third kappa shape index (κ3) is 1.90. The molecule has 2 saturated heterocycles. The van der Waals surface area contributed by atoms with Crippen molar-refractivity contribution >= 4 is 5.91 Å². The second-order valence-corrected chi connectivity index (χ2v) is 5.39. The first-order valence-corrected chi connectivity index (χ1v) is 6.45. The molecule has 1 aromatic carbocycles. The number of rotatable bonds is 1. The molecular formula is C14H17FN2O. The predicted molar refractivity (Wildman–Crippen MR) is 66.8 cm³/mol. The van der Waals surface area contributed by atoms with Crippen molar-refractivity contribution in [1.29, 1.82) is 0 Å². The van der Waals surface area contributed by atoms with E-state index in [1.807, 2.05) is 0 Å². The van der Waals surface area contributed by atoms with E-state index in [1.165, 1.54) is 6.07 Å². The molecule has 2 aliphatic rings. The van der Waals surface area contributed by atoms with Crippen molar-refractivity contribution in [2.45, 2.75) is 12.8 Å². The molecule has 2 fully saturated rings. The smallest absolute Gasteiger partial charge is 0.256 e. The lowest BCUT2D eigenvalue weighted by Crippen LogP contribution is -2.61. The number of likely N-dealkylation sites (tertiary alicyclic amines) is 1. The second-order valence-electron chi connectivity index (χ2n) is 5.39. The summed E-state index contributed by atoms with van der Waals surface area (Å²) in [5.41, 5.74) is 0.493. The fraction of sp³-hybridized carbons (Fsp3) is 0.500. The van der Waals surface area contributed by atoms with Crippen molar-refractivity contribution in [3.05, 3.63) is 35.6 Å². The molecular weight excluding hydrogens is 231 g/mol. The van der Waals surface area contributed by atoms with Crippen LogP contribution in [-0.4, -0.2) is 37.0 Å². The minimum Gasteiger partial charge on any atom is -0.337 e. The van der Waals surface area contributed by atoms with Gasteiger partial charge >= 0.3 is 0 Å². The zero-order chi connectivity index (χ0) is 12.6. The summed E-state index contributed by atoms with van der Waals surface area (Å²) in [5.74, 6) is -0.592. The summed E-state index contributed by atoms with van der Waals surface area (Å²) in [6.07, 6.45) is 2.24. The molecule has 3 nitrogen and oxygen atoms in total. The Balaban J connectivity index is 1.68. The van der Waals surface area contributed by atoms with Gasteiger partial charge in [-0.15, -0.1) is 0 Å². The number of hydrogen-bond donors (Lipinski definition) is 1. The molecule has 18 heavy (non-hydrogen) atoms. The van der Waals surface area contributed by atoms with Crippen molar-refractivity contribution in [2.24, 2.45) is 5.41 Å². The van der Waals surface area contributed by atoms with Gasteiger partial charge in [0.2, 0.25) is 0 Å². The number of carbonyl (C=O) groups is 1. The van der Waals surface area contributed by atoms with Gasteiger partial charge in [0.15, 0.2) is 0 Å². The van der Waals surface area contributed by atoms with Gasteiger partial charge in [0.1, 0.15) is 5.82 Å². The molecule has 1 spiro atoms. The largest absolute Gasteiger partial charge is 0.337 e. The Morgan fingerprint density at radius 3 is 2.56 bits per heavy atom. The van der Waals surface area contributed by atoms with Gasteiger partial charge in [-0.2, -0.15) is 0 Å². The number of halogens is 1. The van der Waals surface area contributed by atoms with Gasteiger partial charge in [-0.25, -0.2) is 4.39 Å². The van der Waals surface area contributed by atoms with Crippen LogP contribution in [0.5, 0.6) is 0 Å². The Hall–Kier alpha value is -1.42. The lowest BCUT2D eigenvalue weighted by molar-refractivity contribution is -0.0116. The summed E-state index contributed by atoms with van der Waals surface area (Å²) in [7, 11) is 0. The standard InChI is InChI=1S/C14H17FN2O/c15-12-4-2-1-3-11(12)13(18)17-9-14(10-17)5-7-16-8-6-14/h1-4,16H,5-10H2. The van der Waals surface area contributed by atoms with E-state index in [0.717, 1.165) is 39.0 Å². The number of piperidine rings is 1. The van der Waals surface area contributed by atoms with Crippen molar-refractivity contribution in [1.82, 2.24) is 10.2 Å². The molecule has 0 radical (unpaired) electrons. The number of benzene rings is 1. The van der Waals surface area contributed by atoms with Gasteiger partial charge in [-0.3, -0.25) is 4.79 Å². The second kappa shape index (κ2) is 4.35. The molecule has 96 valence electrons. The molecule has 0 atom stereocenters. The topological polar surface area (TPSA) is 32.3 Å². The molecule has 4 heteroatoms. The normalized spacial score (nSPS) is 21.7. The maximum absolute atomic E-state index is 13.5. The van der Waals surface area contributed by atoms with Crippen LogP contribution in [0.4, 0.5) is 4.39 Å². The molecule has 0 aliphatic carbocycles. The summed E-state index contributed by atoms with van der Waals surface area (Å²) < 4.78 is 13.5. The number of carbonyl (C=O) groups excluding carboxylic acids is 1. The summed E-state index contributed by atoms with van der Waals surface area (Å²) in [4.78, 5) is 13.9. The van der Waals surface area contributed by atoms with Gasteiger partial charge < -0.3 is 10.2 Å². The minimum absolute atomic E-state index is 0.169. The van der Waals surface area contributed by atoms with Crippen LogP contribution in [0.2, 0.25) is 0 Å². The lowest BCUT2D eigenvalue weighted by atomic mass is 9.72. The van der Waals surface area contributed by atoms with E-state index >= 15 is 0 Å². The molecule has 0 aromatic heterocycles. The van der Waals surface area contributed by atoms with Gasteiger partial charge in [0.25, 0.3) is 5.91 Å². The van der Waals surface area contributed by atoms with Gasteiger partial charge in [-0.05, 0) is 38.1 Å². The van der Waals surface area contributed by atoms with Crippen LogP contribution in [0.3, 0.4) is 0 Å². The van der Waals surface area contributed by atoms with E-state index in [0.29, 0.717) is 5.41 Å². The van der Waals surface area contributed by atoms with E-state index in [9.17, 15) is 9.18 Å². The first kappa shape index (κ1) is 11.7. The zero-order valence-electron chi connectivity index (χ0n) is 10.3. The quantitative estimate of drug-likeness (QED) is 0.819. The maximum Gasteiger partial charge on any atom is 0.256 e. The summed E-state index contributed by atoms with van der Waals surface area (Å²) in [5, 5.41) is 3.33. The average Bonchev–Trinajstić information content (AvgIpc) is 2.37. The zero-order valence-corrected chi connectivity index (χ0v) is 10.3. The highest BCUT2D eigenvalue weighted by Crippen LogP contribution is 2.39. The van der Waals surface area contributed by atoms with Crippen LogP contribution in [0.1, 0.15) is 23.2 Å². The van der Waals surface area contributed by atoms with Gasteiger partial charge in [-0.1, -0.05) is 12.1 Å². The third-order valence-electron chi connectivity index (χ3n) is 4.11. The molecule has 1 aromatic rings. The van der Waals surface area contributed by atoms with Crippen LogP contribution in [0, 0.1) is 11.2 Å². The van der Waals surface area contributed by atoms with Crippen molar-refractivity contribution in [3.8, 4) is 0 Å². The fourth-order valence-corrected chi connectivity index (χ4v) is 2.99. The molecule has 0 unspecified atom stereocenters. The molecule has 2 aliphatic heterocycles. The monoisotopic (exact) mass is 248 g/mol. The van der Waals surface area contributed by atoms with Crippen molar-refractivity contribution in [3.63, 3.8) is 0 Å². The Labute approximate surface area is 106 Å². The van der Waals surface area contributed by atoms with Crippen LogP contribution in [0.15, 0.2) is 24.3 Å². The summed E-state index contributed by atoms with van der Waals surface area (Å²) in [6, 6.07) is 6.21. The number of nitrogens with zero attached hydrogens (tertiary/aromatic N) is 1. The first-order valence-electron chi connectivity index (χ1n) is 6.45. The molecule has 0 bridgehead atoms. The van der Waals surface area contributed by atoms with E-state index in [2.05, 4.69) is 5.32 Å². The Morgan fingerprint density at radius 2 is 1.89 bits per heavy atom. The highest BCUT2D eigenvalue weighted by molar-refractivity contribution is 5.95. The van der Waals surface area contributed by atoms with Crippen LogP contribution >= 0.6 is 0 Å². The Morgan fingerprint density at radius 1 is 1.22 bits per heavy atom. The van der Waals surface area contributed by atoms with Crippen LogP contribution < -0.4 is 5.32 Å². The number of hydrogen-bond acceptors (Lipinski definition) is 2. The van der Waals surface area contributed by atoms with E-state index in [1.54, 1.807) is 23.1 Å². The van der Waals surface area contributed by atoms with Crippen molar-refractivity contribution < 1.29 is 9.18 Å². The minimum atomic E-state index is -0.422. The highest BCUT2D eigenvalue weighted by atomic mass is 19.1. The van der Waals surface area contributed by atoms with Crippen molar-refractivity contribution in [2.75, 3.05) is 26.2 Å². The number of nitrogens with one attached hydrogen (secondary N) is 1. The first-order chi connectivity index (χ1) is 8.70. The predicted octanol–water partition coefficient (Wildman–Crippen LogP) is 1.65. The van der Waals surface area contributed by atoms with Gasteiger partial charge in [0, 0.05) is 18.5 Å². The number of amides is 1. The Bertz CT molecular complexity index is 461. The van der Waals surface area contributed by atoms with Crippen LogP contribution in [-0.2, 0) is 0 Å². The lowest BCUT2D eigenvalue weighted by Gasteiger charge is -2.52. The average molecular weight is 248 g/mol. The summed E-state index contributed by atoms with van der Waals surface area (Å²) >= 11 is 0. The maximum atomic E-state index is 13.5. The molecule has 1 amide bonds. The van der Waals surface area contributed by atoms with E-state index in [-0.39, 0.29) is 11.5 Å². The van der Waals surface area contributed by atoms with E-state index < -0.39 is 5.82 Å². The fourth-order valence-electron chi connectivity index (χ4n) is 2.99. The highest BCUT2D eigenvalue weighted by Gasteiger charge is 2.45. The molecule has 3 rings (SSSR count). The SMILES string of the molecule is O=C(c1ccccc1F)N1CC2(CCNCC2)C1. The van der Waals surface area contributed by atoms with Crippen LogP contribution in [0.25, 0.3) is 0 Å². The molecule has 1 N–H and O–H groups in total. The molecule has 2 heterocycles. The van der Waals surface area contributed by atoms with Gasteiger partial charge in [0.05, 0.1) is 5.56 Å². The third-order valence-corrected chi connectivity index (χ3v) is 4.11. The molecule has 0 saturated carbocycles. The summed E-state index contributed by atoms with van der Waals surface area (Å²) in [6.45, 7) is 3.62.